The molecule has 0 bridgehead atoms. The van der Waals surface area contributed by atoms with E-state index in [-0.39, 0.29) is 0 Å². The van der Waals surface area contributed by atoms with Crippen LogP contribution in [0.2, 0.25) is 0 Å². The molecule has 1 rings (SSSR count). The minimum absolute atomic E-state index is 1.16. The maximum atomic E-state index is 3.81. The van der Waals surface area contributed by atoms with Gasteiger partial charge in [0.05, 0.1) is 19.6 Å². The standard InChI is InChI=1S/C17H28N/c1-5-13-18(8-4,14-6-2)15-17-11-9-16(7-3)10-12-17/h7,9-12H,3,5-6,8,13-15H2,1-2,4H3/q+1. The maximum Gasteiger partial charge on any atom is 0.104 e. The Morgan fingerprint density at radius 3 is 1.94 bits per heavy atom. The van der Waals surface area contributed by atoms with Gasteiger partial charge in [-0.15, -0.1) is 0 Å². The van der Waals surface area contributed by atoms with E-state index in [4.69, 9.17) is 0 Å². The summed E-state index contributed by atoms with van der Waals surface area (Å²) in [6.07, 6.45) is 4.43. The van der Waals surface area contributed by atoms with Crippen LogP contribution in [0.1, 0.15) is 44.7 Å². The number of rotatable bonds is 8. The highest BCUT2D eigenvalue weighted by molar-refractivity contribution is 5.47. The van der Waals surface area contributed by atoms with Gasteiger partial charge in [0.15, 0.2) is 0 Å². The maximum absolute atomic E-state index is 3.81. The molecule has 0 aliphatic heterocycles. The molecule has 0 heterocycles. The molecule has 18 heavy (non-hydrogen) atoms. The van der Waals surface area contributed by atoms with Gasteiger partial charge in [0.1, 0.15) is 6.54 Å². The van der Waals surface area contributed by atoms with Crippen LogP contribution in [0.5, 0.6) is 0 Å². The number of benzene rings is 1. The van der Waals surface area contributed by atoms with E-state index in [2.05, 4.69) is 51.6 Å². The molecule has 0 radical (unpaired) electrons. The molecule has 100 valence electrons. The molecule has 0 unspecified atom stereocenters. The van der Waals surface area contributed by atoms with Gasteiger partial charge in [-0.1, -0.05) is 50.8 Å². The van der Waals surface area contributed by atoms with Gasteiger partial charge < -0.3 is 4.48 Å². The Kier molecular flexibility index (Phi) is 6.14. The van der Waals surface area contributed by atoms with Crippen molar-refractivity contribution in [3.63, 3.8) is 0 Å². The zero-order valence-corrected chi connectivity index (χ0v) is 12.3. The van der Waals surface area contributed by atoms with Crippen LogP contribution < -0.4 is 0 Å². The second kappa shape index (κ2) is 7.38. The van der Waals surface area contributed by atoms with E-state index in [1.54, 1.807) is 0 Å². The molecule has 0 atom stereocenters. The first-order valence-electron chi connectivity index (χ1n) is 7.26. The predicted molar refractivity (Wildman–Crippen MR) is 81.4 cm³/mol. The average Bonchev–Trinajstić information content (AvgIpc) is 2.40. The first-order chi connectivity index (χ1) is 8.69. The van der Waals surface area contributed by atoms with Gasteiger partial charge in [-0.3, -0.25) is 0 Å². The Bertz CT molecular complexity index is 344. The van der Waals surface area contributed by atoms with Crippen LogP contribution in [0.4, 0.5) is 0 Å². The quantitative estimate of drug-likeness (QED) is 0.593. The summed E-state index contributed by atoms with van der Waals surface area (Å²) in [7, 11) is 0. The molecule has 0 aromatic heterocycles. The van der Waals surface area contributed by atoms with E-state index in [0.717, 1.165) is 6.54 Å². The monoisotopic (exact) mass is 246 g/mol. The second-order valence-electron chi connectivity index (χ2n) is 5.21. The fourth-order valence-electron chi connectivity index (χ4n) is 2.79. The number of quaternary nitrogens is 1. The van der Waals surface area contributed by atoms with Gasteiger partial charge in [-0.25, -0.2) is 0 Å². The summed E-state index contributed by atoms with van der Waals surface area (Å²) >= 11 is 0. The highest BCUT2D eigenvalue weighted by atomic mass is 15.3. The van der Waals surface area contributed by atoms with Gasteiger partial charge in [0.25, 0.3) is 0 Å². The fourth-order valence-corrected chi connectivity index (χ4v) is 2.79. The second-order valence-corrected chi connectivity index (χ2v) is 5.21. The molecule has 0 saturated heterocycles. The molecule has 1 nitrogen and oxygen atoms in total. The Morgan fingerprint density at radius 2 is 1.56 bits per heavy atom. The lowest BCUT2D eigenvalue weighted by molar-refractivity contribution is -0.939. The normalized spacial score (nSPS) is 11.5. The van der Waals surface area contributed by atoms with E-state index in [1.165, 1.54) is 48.1 Å². The lowest BCUT2D eigenvalue weighted by Gasteiger charge is -2.37. The lowest BCUT2D eigenvalue weighted by atomic mass is 10.1. The molecule has 0 spiro atoms. The van der Waals surface area contributed by atoms with E-state index in [9.17, 15) is 0 Å². The van der Waals surface area contributed by atoms with E-state index >= 15 is 0 Å². The van der Waals surface area contributed by atoms with Gasteiger partial charge in [0.2, 0.25) is 0 Å². The van der Waals surface area contributed by atoms with Crippen LogP contribution >= 0.6 is 0 Å². The van der Waals surface area contributed by atoms with Crippen LogP contribution in [0.15, 0.2) is 30.8 Å². The molecule has 0 aliphatic carbocycles. The van der Waals surface area contributed by atoms with Crippen molar-refractivity contribution in [1.29, 1.82) is 0 Å². The van der Waals surface area contributed by atoms with Crippen LogP contribution in [-0.2, 0) is 6.54 Å². The summed E-state index contributed by atoms with van der Waals surface area (Å²) in [6.45, 7) is 15.7. The van der Waals surface area contributed by atoms with Crippen molar-refractivity contribution in [1.82, 2.24) is 0 Å². The number of nitrogens with zero attached hydrogens (tertiary/aromatic N) is 1. The highest BCUT2D eigenvalue weighted by Gasteiger charge is 2.23. The molecular formula is C17H28N+. The third-order valence-corrected chi connectivity index (χ3v) is 3.80. The minimum atomic E-state index is 1.16. The third-order valence-electron chi connectivity index (χ3n) is 3.80. The Hall–Kier alpha value is -1.08. The number of hydrogen-bond donors (Lipinski definition) is 0. The predicted octanol–water partition coefficient (Wildman–Crippen LogP) is 4.49. The van der Waals surface area contributed by atoms with E-state index < -0.39 is 0 Å². The molecule has 1 aromatic rings. The highest BCUT2D eigenvalue weighted by Crippen LogP contribution is 2.17. The summed E-state index contributed by atoms with van der Waals surface area (Å²) in [6, 6.07) is 8.85. The summed E-state index contributed by atoms with van der Waals surface area (Å²) in [5.41, 5.74) is 2.66. The van der Waals surface area contributed by atoms with Crippen molar-refractivity contribution in [2.75, 3.05) is 19.6 Å². The molecule has 0 fully saturated rings. The minimum Gasteiger partial charge on any atom is -0.320 e. The smallest absolute Gasteiger partial charge is 0.104 e. The Balaban J connectivity index is 2.83. The Morgan fingerprint density at radius 1 is 1.00 bits per heavy atom. The molecule has 0 aliphatic rings. The van der Waals surface area contributed by atoms with Crippen LogP contribution in [0.3, 0.4) is 0 Å². The Labute approximate surface area is 113 Å². The first kappa shape index (κ1) is 15.0. The van der Waals surface area contributed by atoms with Crippen LogP contribution in [0, 0.1) is 0 Å². The molecule has 1 aromatic carbocycles. The van der Waals surface area contributed by atoms with Crippen LogP contribution in [0.25, 0.3) is 6.08 Å². The molecule has 0 amide bonds. The van der Waals surface area contributed by atoms with E-state index in [0.29, 0.717) is 0 Å². The molecular weight excluding hydrogens is 218 g/mol. The average molecular weight is 246 g/mol. The zero-order chi connectivity index (χ0) is 13.4. The summed E-state index contributed by atoms with van der Waals surface area (Å²) in [5, 5.41) is 0. The van der Waals surface area contributed by atoms with Gasteiger partial charge >= 0.3 is 0 Å². The van der Waals surface area contributed by atoms with Gasteiger partial charge in [-0.05, 0) is 25.3 Å². The fraction of sp³-hybridized carbons (Fsp3) is 0.529. The van der Waals surface area contributed by atoms with Crippen molar-refractivity contribution in [3.8, 4) is 0 Å². The summed E-state index contributed by atoms with van der Waals surface area (Å²) < 4.78 is 1.22. The van der Waals surface area contributed by atoms with Crippen molar-refractivity contribution >= 4 is 6.08 Å². The van der Waals surface area contributed by atoms with Crippen molar-refractivity contribution < 1.29 is 4.48 Å². The topological polar surface area (TPSA) is 0 Å². The van der Waals surface area contributed by atoms with E-state index in [1.807, 2.05) is 6.08 Å². The zero-order valence-electron chi connectivity index (χ0n) is 12.3. The summed E-state index contributed by atoms with van der Waals surface area (Å²) in [4.78, 5) is 0. The molecule has 1 heteroatoms. The molecule has 0 saturated carbocycles. The van der Waals surface area contributed by atoms with Gasteiger partial charge in [0, 0.05) is 5.56 Å². The lowest BCUT2D eigenvalue weighted by Crippen LogP contribution is -2.48. The summed E-state index contributed by atoms with van der Waals surface area (Å²) in [5.74, 6) is 0. The van der Waals surface area contributed by atoms with Crippen molar-refractivity contribution in [2.24, 2.45) is 0 Å². The first-order valence-corrected chi connectivity index (χ1v) is 7.26. The third kappa shape index (κ3) is 3.99. The van der Waals surface area contributed by atoms with Gasteiger partial charge in [-0.2, -0.15) is 0 Å². The van der Waals surface area contributed by atoms with Crippen molar-refractivity contribution in [2.45, 2.75) is 40.2 Å². The largest absolute Gasteiger partial charge is 0.320 e. The number of hydrogen-bond acceptors (Lipinski definition) is 0. The van der Waals surface area contributed by atoms with Crippen molar-refractivity contribution in [3.05, 3.63) is 42.0 Å². The molecule has 0 N–H and O–H groups in total. The van der Waals surface area contributed by atoms with Crippen LogP contribution in [-0.4, -0.2) is 24.1 Å². The SMILES string of the molecule is C=Cc1ccc(C[N+](CC)(CCC)CCC)cc1.